The Labute approximate surface area is 108 Å². The van der Waals surface area contributed by atoms with Crippen molar-refractivity contribution < 1.29 is 9.90 Å². The summed E-state index contributed by atoms with van der Waals surface area (Å²) in [5.41, 5.74) is -0.716. The van der Waals surface area contributed by atoms with Crippen molar-refractivity contribution in [3.63, 3.8) is 0 Å². The minimum absolute atomic E-state index is 0.305. The van der Waals surface area contributed by atoms with E-state index in [2.05, 4.69) is 25.6 Å². The predicted octanol–water partition coefficient (Wildman–Crippen LogP) is -0.432. The molecule has 1 N–H and O–H groups in total. The Hall–Kier alpha value is -2.32. The predicted molar refractivity (Wildman–Crippen MR) is 60.9 cm³/mol. The quantitative estimate of drug-likeness (QED) is 0.778. The highest BCUT2D eigenvalue weighted by Crippen LogP contribution is 2.42. The van der Waals surface area contributed by atoms with E-state index in [0.717, 1.165) is 6.42 Å². The maximum absolute atomic E-state index is 11.3. The molecule has 100 valence electrons. The van der Waals surface area contributed by atoms with Crippen molar-refractivity contribution in [2.75, 3.05) is 0 Å². The molecule has 0 bridgehead atoms. The van der Waals surface area contributed by atoms with Crippen molar-refractivity contribution in [1.82, 2.24) is 35.0 Å². The fourth-order valence-corrected chi connectivity index (χ4v) is 2.25. The molecule has 0 saturated heterocycles. The van der Waals surface area contributed by atoms with Crippen LogP contribution in [0.25, 0.3) is 0 Å². The molecule has 0 unspecified atom stereocenters. The van der Waals surface area contributed by atoms with Crippen LogP contribution in [0.5, 0.6) is 0 Å². The van der Waals surface area contributed by atoms with E-state index in [1.165, 1.54) is 6.33 Å². The first-order chi connectivity index (χ1) is 9.20. The number of tetrazole rings is 1. The molecule has 2 aromatic heterocycles. The number of aromatic nitrogens is 7. The van der Waals surface area contributed by atoms with Crippen molar-refractivity contribution in [3.8, 4) is 0 Å². The second-order valence-corrected chi connectivity index (χ2v) is 4.78. The molecular formula is C10H13N7O2. The van der Waals surface area contributed by atoms with Crippen molar-refractivity contribution in [3.05, 3.63) is 18.5 Å². The average molecular weight is 263 g/mol. The Morgan fingerprint density at radius 3 is 2.89 bits per heavy atom. The van der Waals surface area contributed by atoms with Gasteiger partial charge in [0.1, 0.15) is 19.2 Å². The van der Waals surface area contributed by atoms with E-state index in [9.17, 15) is 9.90 Å². The first-order valence-electron chi connectivity index (χ1n) is 6.00. The zero-order valence-electron chi connectivity index (χ0n) is 10.2. The molecule has 0 atom stereocenters. The minimum Gasteiger partial charge on any atom is -0.481 e. The number of aliphatic carboxylic acids is 1. The van der Waals surface area contributed by atoms with E-state index in [1.54, 1.807) is 15.7 Å². The van der Waals surface area contributed by atoms with Crippen LogP contribution in [0.4, 0.5) is 0 Å². The fraction of sp³-hybridized carbons (Fsp3) is 0.600. The molecule has 9 heteroatoms. The van der Waals surface area contributed by atoms with Crippen molar-refractivity contribution in [2.45, 2.75) is 32.4 Å². The van der Waals surface area contributed by atoms with E-state index in [4.69, 9.17) is 0 Å². The van der Waals surface area contributed by atoms with Gasteiger partial charge in [-0.15, -0.1) is 5.10 Å². The molecule has 2 heterocycles. The van der Waals surface area contributed by atoms with Gasteiger partial charge in [0.25, 0.3) is 0 Å². The van der Waals surface area contributed by atoms with Gasteiger partial charge < -0.3 is 5.11 Å². The van der Waals surface area contributed by atoms with Crippen LogP contribution < -0.4 is 0 Å². The third kappa shape index (κ3) is 2.07. The summed E-state index contributed by atoms with van der Waals surface area (Å²) in [5, 5.41) is 24.7. The van der Waals surface area contributed by atoms with Crippen LogP contribution >= 0.6 is 0 Å². The zero-order chi connectivity index (χ0) is 13.3. The van der Waals surface area contributed by atoms with Gasteiger partial charge in [-0.05, 0) is 23.3 Å². The third-order valence-corrected chi connectivity index (χ3v) is 3.59. The Kier molecular flexibility index (Phi) is 2.73. The van der Waals surface area contributed by atoms with Gasteiger partial charge >= 0.3 is 5.97 Å². The molecule has 0 radical (unpaired) electrons. The van der Waals surface area contributed by atoms with Crippen molar-refractivity contribution >= 4 is 5.97 Å². The van der Waals surface area contributed by atoms with Gasteiger partial charge in [-0.1, -0.05) is 6.42 Å². The number of rotatable bonds is 5. The molecule has 1 saturated carbocycles. The second-order valence-electron chi connectivity index (χ2n) is 4.78. The molecule has 0 aliphatic heterocycles. The smallest absolute Gasteiger partial charge is 0.311 e. The molecule has 9 nitrogen and oxygen atoms in total. The Bertz CT molecular complexity index is 572. The maximum atomic E-state index is 11.3. The SMILES string of the molecule is O=C(O)C1(Cn2nnnc2Cn2cncn2)CCC1. The van der Waals surface area contributed by atoms with E-state index < -0.39 is 11.4 Å². The van der Waals surface area contributed by atoms with E-state index in [1.807, 2.05) is 0 Å². The lowest BCUT2D eigenvalue weighted by molar-refractivity contribution is -0.156. The number of nitrogens with zero attached hydrogens (tertiary/aromatic N) is 7. The summed E-state index contributed by atoms with van der Waals surface area (Å²) in [7, 11) is 0. The molecule has 1 aliphatic rings. The third-order valence-electron chi connectivity index (χ3n) is 3.59. The van der Waals surface area contributed by atoms with Crippen LogP contribution in [0.15, 0.2) is 12.7 Å². The highest BCUT2D eigenvalue weighted by atomic mass is 16.4. The maximum Gasteiger partial charge on any atom is 0.311 e. The summed E-state index contributed by atoms with van der Waals surface area (Å²) in [6.45, 7) is 0.683. The van der Waals surface area contributed by atoms with E-state index in [-0.39, 0.29) is 0 Å². The lowest BCUT2D eigenvalue weighted by atomic mass is 9.69. The molecular weight excluding hydrogens is 250 g/mol. The largest absolute Gasteiger partial charge is 0.481 e. The summed E-state index contributed by atoms with van der Waals surface area (Å²) < 4.78 is 3.14. The van der Waals surface area contributed by atoms with Crippen molar-refractivity contribution in [2.24, 2.45) is 5.41 Å². The topological polar surface area (TPSA) is 112 Å². The molecule has 1 aliphatic carbocycles. The average Bonchev–Trinajstić information content (AvgIpc) is 2.96. The minimum atomic E-state index is -0.777. The molecule has 0 aromatic carbocycles. The monoisotopic (exact) mass is 263 g/mol. The fourth-order valence-electron chi connectivity index (χ4n) is 2.25. The van der Waals surface area contributed by atoms with Gasteiger partial charge in [0.05, 0.1) is 12.0 Å². The molecule has 2 aromatic rings. The zero-order valence-corrected chi connectivity index (χ0v) is 10.2. The normalized spacial score (nSPS) is 17.1. The Balaban J connectivity index is 1.78. The second kappa shape index (κ2) is 4.41. The molecule has 3 rings (SSSR count). The summed E-state index contributed by atoms with van der Waals surface area (Å²) >= 11 is 0. The van der Waals surface area contributed by atoms with Crippen LogP contribution in [0, 0.1) is 5.41 Å². The van der Waals surface area contributed by atoms with E-state index >= 15 is 0 Å². The van der Waals surface area contributed by atoms with Crippen molar-refractivity contribution in [1.29, 1.82) is 0 Å². The van der Waals surface area contributed by atoms with Gasteiger partial charge in [-0.2, -0.15) is 5.10 Å². The van der Waals surface area contributed by atoms with E-state index in [0.29, 0.717) is 31.8 Å². The first-order valence-corrected chi connectivity index (χ1v) is 6.00. The van der Waals surface area contributed by atoms with Crippen LogP contribution in [0.1, 0.15) is 25.1 Å². The summed E-state index contributed by atoms with van der Waals surface area (Å²) in [6.07, 6.45) is 5.27. The highest BCUT2D eigenvalue weighted by molar-refractivity contribution is 5.75. The Morgan fingerprint density at radius 2 is 2.32 bits per heavy atom. The summed E-state index contributed by atoms with van der Waals surface area (Å²) in [6, 6.07) is 0. The van der Waals surface area contributed by atoms with Gasteiger partial charge in [0.15, 0.2) is 5.82 Å². The van der Waals surface area contributed by atoms with Gasteiger partial charge in [-0.3, -0.25) is 4.79 Å². The van der Waals surface area contributed by atoms with Gasteiger partial charge in [-0.25, -0.2) is 14.3 Å². The van der Waals surface area contributed by atoms with Crippen LogP contribution in [0.2, 0.25) is 0 Å². The molecule has 1 fully saturated rings. The Morgan fingerprint density at radius 1 is 1.47 bits per heavy atom. The van der Waals surface area contributed by atoms with Crippen LogP contribution in [-0.4, -0.2) is 46.0 Å². The lowest BCUT2D eigenvalue weighted by Gasteiger charge is -2.37. The molecule has 0 amide bonds. The lowest BCUT2D eigenvalue weighted by Crippen LogP contribution is -2.42. The molecule has 19 heavy (non-hydrogen) atoms. The van der Waals surface area contributed by atoms with Gasteiger partial charge in [0.2, 0.25) is 0 Å². The van der Waals surface area contributed by atoms with Gasteiger partial charge in [0, 0.05) is 0 Å². The number of carboxylic acids is 1. The number of carboxylic acid groups (broad SMARTS) is 1. The highest BCUT2D eigenvalue weighted by Gasteiger charge is 2.45. The summed E-state index contributed by atoms with van der Waals surface area (Å²) in [4.78, 5) is 15.2. The first kappa shape index (κ1) is 11.8. The number of carbonyl (C=O) groups is 1. The van der Waals surface area contributed by atoms with Crippen LogP contribution in [0.3, 0.4) is 0 Å². The standard InChI is InChI=1S/C10H13N7O2/c18-9(19)10(2-1-3-10)5-17-8(13-14-15-17)4-16-7-11-6-12-16/h6-7H,1-5H2,(H,18,19). The number of hydrogen-bond acceptors (Lipinski definition) is 6. The molecule has 0 spiro atoms. The number of hydrogen-bond donors (Lipinski definition) is 1. The van der Waals surface area contributed by atoms with Crippen LogP contribution in [-0.2, 0) is 17.9 Å². The summed E-state index contributed by atoms with van der Waals surface area (Å²) in [5.74, 6) is -0.195.